The normalized spacial score (nSPS) is 12.2. The SMILES string of the molecule is C=NC(=O)Cc1ccc2c(C)nn(-n3c(C)cnc(NCCc4ccc5c(c4)OCO5)c3=O)c2c1. The highest BCUT2D eigenvalue weighted by molar-refractivity contribution is 5.86. The van der Waals surface area contributed by atoms with Gasteiger partial charge in [-0.2, -0.15) is 14.6 Å². The topological polar surface area (TPSA) is 113 Å². The average molecular weight is 473 g/mol. The molecular formula is C25H24N6O4. The van der Waals surface area contributed by atoms with E-state index in [1.54, 1.807) is 17.9 Å². The van der Waals surface area contributed by atoms with Crippen LogP contribution in [0, 0.1) is 13.8 Å². The summed E-state index contributed by atoms with van der Waals surface area (Å²) in [5.41, 5.74) is 3.58. The number of carbonyl (C=O) groups excluding carboxylic acids is 1. The van der Waals surface area contributed by atoms with E-state index in [9.17, 15) is 9.59 Å². The summed E-state index contributed by atoms with van der Waals surface area (Å²) in [5, 5.41) is 8.63. The highest BCUT2D eigenvalue weighted by Gasteiger charge is 2.16. The van der Waals surface area contributed by atoms with Gasteiger partial charge in [-0.05, 0) is 56.3 Å². The van der Waals surface area contributed by atoms with Crippen molar-refractivity contribution < 1.29 is 14.3 Å². The van der Waals surface area contributed by atoms with Crippen LogP contribution in [0.3, 0.4) is 0 Å². The summed E-state index contributed by atoms with van der Waals surface area (Å²) in [5.74, 6) is 1.36. The molecule has 10 nitrogen and oxygen atoms in total. The van der Waals surface area contributed by atoms with E-state index >= 15 is 0 Å². The van der Waals surface area contributed by atoms with Gasteiger partial charge in [-0.15, -0.1) is 0 Å². The van der Waals surface area contributed by atoms with Crippen molar-refractivity contribution in [2.75, 3.05) is 18.7 Å². The van der Waals surface area contributed by atoms with Gasteiger partial charge in [-0.1, -0.05) is 18.2 Å². The number of aliphatic imine (C=N–C) groups is 1. The molecule has 178 valence electrons. The third kappa shape index (κ3) is 4.25. The second-order valence-corrected chi connectivity index (χ2v) is 8.28. The lowest BCUT2D eigenvalue weighted by molar-refractivity contribution is -0.117. The van der Waals surface area contributed by atoms with Crippen LogP contribution in [0.2, 0.25) is 0 Å². The Labute approximate surface area is 200 Å². The van der Waals surface area contributed by atoms with Crippen LogP contribution in [0.4, 0.5) is 5.82 Å². The largest absolute Gasteiger partial charge is 0.454 e. The first-order chi connectivity index (χ1) is 16.9. The smallest absolute Gasteiger partial charge is 0.313 e. The van der Waals surface area contributed by atoms with Gasteiger partial charge in [0.15, 0.2) is 17.3 Å². The van der Waals surface area contributed by atoms with Gasteiger partial charge in [-0.25, -0.2) is 9.98 Å². The van der Waals surface area contributed by atoms with Crippen molar-refractivity contribution in [3.63, 3.8) is 0 Å². The zero-order chi connectivity index (χ0) is 24.5. The number of rotatable bonds is 7. The van der Waals surface area contributed by atoms with Crippen molar-refractivity contribution >= 4 is 29.3 Å². The third-order valence-electron chi connectivity index (χ3n) is 5.89. The summed E-state index contributed by atoms with van der Waals surface area (Å²) in [7, 11) is 0. The fourth-order valence-electron chi connectivity index (χ4n) is 4.10. The fraction of sp³-hybridized carbons (Fsp3) is 0.240. The number of hydrogen-bond donors (Lipinski definition) is 1. The number of hydrogen-bond acceptors (Lipinski definition) is 7. The second-order valence-electron chi connectivity index (χ2n) is 8.28. The quantitative estimate of drug-likeness (QED) is 0.412. The van der Waals surface area contributed by atoms with Crippen LogP contribution in [0.1, 0.15) is 22.5 Å². The minimum Gasteiger partial charge on any atom is -0.454 e. The van der Waals surface area contributed by atoms with Gasteiger partial charge in [0.2, 0.25) is 12.7 Å². The summed E-state index contributed by atoms with van der Waals surface area (Å²) in [6.45, 7) is 7.70. The summed E-state index contributed by atoms with van der Waals surface area (Å²) in [4.78, 5) is 34.5. The molecule has 4 aromatic rings. The first kappa shape index (κ1) is 22.3. The molecule has 0 aliphatic carbocycles. The molecule has 35 heavy (non-hydrogen) atoms. The minimum absolute atomic E-state index is 0.126. The molecule has 3 heterocycles. The van der Waals surface area contributed by atoms with Crippen LogP contribution < -0.4 is 20.3 Å². The number of benzene rings is 2. The molecule has 0 unspecified atom stereocenters. The zero-order valence-electron chi connectivity index (χ0n) is 19.4. The lowest BCUT2D eigenvalue weighted by Gasteiger charge is -2.13. The van der Waals surface area contributed by atoms with E-state index in [0.717, 1.165) is 33.7 Å². The maximum Gasteiger partial charge on any atom is 0.313 e. The molecule has 1 N–H and O–H groups in total. The second kappa shape index (κ2) is 9.05. The van der Waals surface area contributed by atoms with Gasteiger partial charge in [0, 0.05) is 11.9 Å². The standard InChI is InChI=1S/C25H24N6O4/c1-15-13-28-24(27-9-8-17-5-7-21-22(11-17)35-14-34-21)25(33)30(15)31-20-10-18(12-23(32)26-3)4-6-19(20)16(2)29-31/h4-7,10-11,13H,3,8-9,12,14H2,1-2H3,(H,27,28). The molecule has 0 fully saturated rings. The molecule has 0 atom stereocenters. The van der Waals surface area contributed by atoms with Crippen molar-refractivity contribution in [1.82, 2.24) is 19.5 Å². The lowest BCUT2D eigenvalue weighted by atomic mass is 10.1. The van der Waals surface area contributed by atoms with Gasteiger partial charge in [-0.3, -0.25) is 9.59 Å². The summed E-state index contributed by atoms with van der Waals surface area (Å²) >= 11 is 0. The van der Waals surface area contributed by atoms with Gasteiger partial charge in [0.05, 0.1) is 29.5 Å². The van der Waals surface area contributed by atoms with Crippen LogP contribution >= 0.6 is 0 Å². The van der Waals surface area contributed by atoms with Crippen molar-refractivity contribution in [3.8, 4) is 11.5 Å². The van der Waals surface area contributed by atoms with Crippen LogP contribution in [-0.2, 0) is 17.6 Å². The highest BCUT2D eigenvalue weighted by Crippen LogP contribution is 2.32. The van der Waals surface area contributed by atoms with Gasteiger partial charge >= 0.3 is 5.56 Å². The Balaban J connectivity index is 1.43. The Bertz CT molecular complexity index is 1520. The predicted molar refractivity (Wildman–Crippen MR) is 132 cm³/mol. The predicted octanol–water partition coefficient (Wildman–Crippen LogP) is 2.67. The third-order valence-corrected chi connectivity index (χ3v) is 5.89. The van der Waals surface area contributed by atoms with Crippen molar-refractivity contribution in [1.29, 1.82) is 0 Å². The average Bonchev–Trinajstić information content (AvgIpc) is 3.44. The number of nitrogens with zero attached hydrogens (tertiary/aromatic N) is 5. The fourth-order valence-corrected chi connectivity index (χ4v) is 4.10. The van der Waals surface area contributed by atoms with Crippen molar-refractivity contribution in [2.24, 2.45) is 4.99 Å². The van der Waals surface area contributed by atoms with E-state index < -0.39 is 0 Å². The molecule has 0 spiro atoms. The van der Waals surface area contributed by atoms with Gasteiger partial charge in [0.25, 0.3) is 0 Å². The number of carbonyl (C=O) groups is 1. The van der Waals surface area contributed by atoms with Crippen molar-refractivity contribution in [3.05, 3.63) is 75.5 Å². The molecule has 1 aliphatic heterocycles. The Kier molecular flexibility index (Phi) is 5.77. The first-order valence-corrected chi connectivity index (χ1v) is 11.1. The van der Waals surface area contributed by atoms with E-state index in [2.05, 4.69) is 27.1 Å². The molecule has 0 radical (unpaired) electrons. The number of aromatic nitrogens is 4. The molecule has 1 amide bonds. The van der Waals surface area contributed by atoms with Crippen LogP contribution in [-0.4, -0.2) is 45.5 Å². The summed E-state index contributed by atoms with van der Waals surface area (Å²) in [6, 6.07) is 11.4. The maximum atomic E-state index is 13.4. The van der Waals surface area contributed by atoms with Crippen LogP contribution in [0.15, 0.2) is 52.4 Å². The van der Waals surface area contributed by atoms with Gasteiger partial charge < -0.3 is 14.8 Å². The number of fused-ring (bicyclic) bond motifs is 2. The van der Waals surface area contributed by atoms with E-state index in [1.807, 2.05) is 43.3 Å². The van der Waals surface area contributed by atoms with E-state index in [1.165, 1.54) is 4.68 Å². The Hall–Kier alpha value is -4.47. The lowest BCUT2D eigenvalue weighted by Crippen LogP contribution is -2.32. The number of ether oxygens (including phenoxy) is 2. The number of nitrogens with one attached hydrogen (secondary N) is 1. The van der Waals surface area contributed by atoms with E-state index in [4.69, 9.17) is 9.47 Å². The summed E-state index contributed by atoms with van der Waals surface area (Å²) in [6.07, 6.45) is 2.42. The first-order valence-electron chi connectivity index (χ1n) is 11.1. The molecule has 0 saturated heterocycles. The number of amides is 1. The zero-order valence-corrected chi connectivity index (χ0v) is 19.4. The molecule has 0 bridgehead atoms. The number of aryl methyl sites for hydroxylation is 2. The monoisotopic (exact) mass is 472 g/mol. The molecule has 10 heteroatoms. The summed E-state index contributed by atoms with van der Waals surface area (Å²) < 4.78 is 12.3. The van der Waals surface area contributed by atoms with Crippen LogP contribution in [0.5, 0.6) is 11.5 Å². The molecule has 0 saturated carbocycles. The van der Waals surface area contributed by atoms with E-state index in [-0.39, 0.29) is 30.5 Å². The Morgan fingerprint density at radius 1 is 1.14 bits per heavy atom. The van der Waals surface area contributed by atoms with Gasteiger partial charge in [0.1, 0.15) is 0 Å². The molecule has 1 aliphatic rings. The minimum atomic E-state index is -0.325. The molecule has 2 aromatic carbocycles. The van der Waals surface area contributed by atoms with Crippen LogP contribution in [0.25, 0.3) is 10.9 Å². The maximum absolute atomic E-state index is 13.4. The molecule has 5 rings (SSSR count). The van der Waals surface area contributed by atoms with Crippen molar-refractivity contribution in [2.45, 2.75) is 26.7 Å². The molecule has 2 aromatic heterocycles. The van der Waals surface area contributed by atoms with E-state index in [0.29, 0.717) is 24.2 Å². The Morgan fingerprint density at radius 2 is 1.94 bits per heavy atom. The molecular weight excluding hydrogens is 448 g/mol. The highest BCUT2D eigenvalue weighted by atomic mass is 16.7. The Morgan fingerprint density at radius 3 is 2.77 bits per heavy atom. The number of anilines is 1.